The van der Waals surface area contributed by atoms with Crippen LogP contribution < -0.4 is 20.7 Å². The molecule has 0 radical (unpaired) electrons. The van der Waals surface area contributed by atoms with Crippen LogP contribution in [0, 0.1) is 0 Å². The second-order valence-corrected chi connectivity index (χ2v) is 14.1. The van der Waals surface area contributed by atoms with E-state index >= 15 is 0 Å². The number of amides is 2. The highest BCUT2D eigenvalue weighted by atomic mass is 31.1. The van der Waals surface area contributed by atoms with Crippen LogP contribution in [0.3, 0.4) is 0 Å². The molecule has 6 rings (SSSR count). The van der Waals surface area contributed by atoms with E-state index in [-0.39, 0.29) is 19.9 Å². The van der Waals surface area contributed by atoms with Gasteiger partial charge < -0.3 is 15.4 Å². The highest BCUT2D eigenvalue weighted by molar-refractivity contribution is 7.55. The lowest BCUT2D eigenvalue weighted by Crippen LogP contribution is -2.21. The third-order valence-corrected chi connectivity index (χ3v) is 8.35. The van der Waals surface area contributed by atoms with Crippen molar-refractivity contribution in [3.05, 3.63) is 127 Å². The fourth-order valence-electron chi connectivity index (χ4n) is 5.20. The molecule has 2 heterocycles. The van der Waals surface area contributed by atoms with Crippen molar-refractivity contribution in [1.82, 2.24) is 14.8 Å². The molecule has 0 bridgehead atoms. The molecule has 2 amide bonds. The van der Waals surface area contributed by atoms with Gasteiger partial charge in [0.1, 0.15) is 23.1 Å². The number of carbonyl (C=O) groups excluding carboxylic acids is 1. The zero-order chi connectivity index (χ0) is 32.0. The van der Waals surface area contributed by atoms with Gasteiger partial charge >= 0.3 is 6.03 Å². The van der Waals surface area contributed by atoms with Crippen LogP contribution in [-0.4, -0.2) is 34.1 Å². The molecule has 0 spiro atoms. The minimum Gasteiger partial charge on any atom is -0.457 e. The van der Waals surface area contributed by atoms with E-state index in [1.165, 1.54) is 5.56 Å². The summed E-state index contributed by atoms with van der Waals surface area (Å²) < 4.78 is 8.15. The highest BCUT2D eigenvalue weighted by Crippen LogP contribution is 2.35. The van der Waals surface area contributed by atoms with Crippen molar-refractivity contribution >= 4 is 47.7 Å². The van der Waals surface area contributed by atoms with Crippen LogP contribution in [0.15, 0.2) is 115 Å². The molecule has 6 aromatic rings. The van der Waals surface area contributed by atoms with Crippen molar-refractivity contribution in [2.75, 3.05) is 29.3 Å². The number of hydrogen-bond acceptors (Lipinski definition) is 5. The van der Waals surface area contributed by atoms with E-state index in [1.54, 1.807) is 6.20 Å². The molecule has 46 heavy (non-hydrogen) atoms. The fraction of sp³-hybridized carbons (Fsp3) is 0.162. The van der Waals surface area contributed by atoms with E-state index in [0.29, 0.717) is 28.8 Å². The number of pyridine rings is 1. The number of urea groups is 1. The summed E-state index contributed by atoms with van der Waals surface area (Å²) in [5, 5.41) is 16.0. The largest absolute Gasteiger partial charge is 0.457 e. The van der Waals surface area contributed by atoms with E-state index in [9.17, 15) is 4.79 Å². The lowest BCUT2D eigenvalue weighted by atomic mass is 10.1. The Hall–Kier alpha value is -5.20. The second kappa shape index (κ2) is 13.8. The topological polar surface area (TPSA) is 93.1 Å². The number of benzene rings is 4. The van der Waals surface area contributed by atoms with Gasteiger partial charge in [-0.1, -0.05) is 68.4 Å². The van der Waals surface area contributed by atoms with Crippen LogP contribution in [0.1, 0.15) is 31.0 Å². The molecule has 3 N–H and O–H groups in total. The van der Waals surface area contributed by atoms with Crippen molar-refractivity contribution in [2.24, 2.45) is 0 Å². The zero-order valence-electron chi connectivity index (χ0n) is 26.4. The fourth-order valence-corrected chi connectivity index (χ4v) is 6.12. The summed E-state index contributed by atoms with van der Waals surface area (Å²) in [6.07, 6.45) is 2.74. The summed E-state index contributed by atoms with van der Waals surface area (Å²) in [6.45, 7) is 8.73. The normalized spacial score (nSPS) is 11.2. The van der Waals surface area contributed by atoms with Gasteiger partial charge in [-0.25, -0.2) is 14.5 Å². The lowest BCUT2D eigenvalue weighted by Gasteiger charge is -2.15. The minimum absolute atomic E-state index is 0.0803. The maximum Gasteiger partial charge on any atom is 0.324 e. The molecule has 9 heteroatoms. The van der Waals surface area contributed by atoms with Gasteiger partial charge in [-0.3, -0.25) is 5.32 Å². The highest BCUT2D eigenvalue weighted by Gasteiger charge is 2.17. The smallest absolute Gasteiger partial charge is 0.324 e. The van der Waals surface area contributed by atoms with E-state index < -0.39 is 0 Å². The monoisotopic (exact) mass is 628 g/mol. The number of fused-ring (bicyclic) bond motifs is 1. The number of ether oxygens (including phenoxy) is 1. The first kappa shape index (κ1) is 30.8. The Bertz CT molecular complexity index is 1970. The molecule has 0 saturated heterocycles. The van der Waals surface area contributed by atoms with E-state index in [1.807, 2.05) is 102 Å². The van der Waals surface area contributed by atoms with Crippen molar-refractivity contribution in [1.29, 1.82) is 0 Å². The Morgan fingerprint density at radius 2 is 1.63 bits per heavy atom. The van der Waals surface area contributed by atoms with Crippen LogP contribution in [-0.2, 0) is 6.16 Å². The van der Waals surface area contributed by atoms with Gasteiger partial charge in [-0.2, -0.15) is 5.10 Å². The van der Waals surface area contributed by atoms with Gasteiger partial charge in [0, 0.05) is 34.8 Å². The standard InChI is InChI=1S/C37H37N6O2P/c1-25(2)33-23-36(43(42-33)28-14-10-11-26(21-28)24-46(3)4)41-37(44)40-32-17-18-34(31-16-9-8-15-30(31)32)45-29-19-20-38-35(22-29)39-27-12-6-5-7-13-27/h5-23,25H,24H2,1-4H3,(H,38,39)(H2,40,41,44). The Labute approximate surface area is 270 Å². The van der Waals surface area contributed by atoms with Gasteiger partial charge in [-0.05, 0) is 73.4 Å². The summed E-state index contributed by atoms with van der Waals surface area (Å²) in [5.74, 6) is 2.80. The predicted molar refractivity (Wildman–Crippen MR) is 191 cm³/mol. The molecular formula is C37H37N6O2P. The summed E-state index contributed by atoms with van der Waals surface area (Å²) in [6, 6.07) is 35.1. The van der Waals surface area contributed by atoms with Gasteiger partial charge in [-0.15, -0.1) is 7.92 Å². The molecule has 2 aromatic heterocycles. The quantitative estimate of drug-likeness (QED) is 0.131. The summed E-state index contributed by atoms with van der Waals surface area (Å²) in [4.78, 5) is 17.9. The number of hydrogen-bond donors (Lipinski definition) is 3. The van der Waals surface area contributed by atoms with Gasteiger partial charge in [0.2, 0.25) is 0 Å². The maximum atomic E-state index is 13.5. The lowest BCUT2D eigenvalue weighted by molar-refractivity contribution is 0.262. The minimum atomic E-state index is -0.358. The maximum absolute atomic E-state index is 13.5. The molecular weight excluding hydrogens is 591 g/mol. The van der Waals surface area contributed by atoms with Crippen LogP contribution >= 0.6 is 7.92 Å². The second-order valence-electron chi connectivity index (χ2n) is 11.6. The molecule has 0 saturated carbocycles. The molecule has 0 aliphatic heterocycles. The molecule has 4 aromatic carbocycles. The summed E-state index contributed by atoms with van der Waals surface area (Å²) >= 11 is 0. The first-order valence-electron chi connectivity index (χ1n) is 15.2. The van der Waals surface area contributed by atoms with Crippen molar-refractivity contribution in [3.63, 3.8) is 0 Å². The zero-order valence-corrected chi connectivity index (χ0v) is 27.3. The van der Waals surface area contributed by atoms with Crippen LogP contribution in [0.2, 0.25) is 0 Å². The molecule has 0 unspecified atom stereocenters. The van der Waals surface area contributed by atoms with Gasteiger partial charge in [0.15, 0.2) is 0 Å². The molecule has 232 valence electrons. The van der Waals surface area contributed by atoms with Crippen molar-refractivity contribution in [3.8, 4) is 17.2 Å². The molecule has 0 aliphatic carbocycles. The Kier molecular flexibility index (Phi) is 9.27. The number of anilines is 4. The number of aromatic nitrogens is 3. The SMILES string of the molecule is CC(C)c1cc(NC(=O)Nc2ccc(Oc3ccnc(Nc4ccccc4)c3)c3ccccc23)n(-c2cccc(CP(C)C)c2)n1. The molecule has 0 atom stereocenters. The van der Waals surface area contributed by atoms with Gasteiger partial charge in [0.25, 0.3) is 0 Å². The van der Waals surface area contributed by atoms with E-state index in [0.717, 1.165) is 34.0 Å². The third kappa shape index (κ3) is 7.36. The van der Waals surface area contributed by atoms with Gasteiger partial charge in [0.05, 0.1) is 17.1 Å². The number of para-hydroxylation sites is 1. The Morgan fingerprint density at radius 1 is 0.848 bits per heavy atom. The number of nitrogens with one attached hydrogen (secondary N) is 3. The molecule has 8 nitrogen and oxygen atoms in total. The third-order valence-electron chi connectivity index (χ3n) is 7.35. The van der Waals surface area contributed by atoms with E-state index in [4.69, 9.17) is 9.84 Å². The predicted octanol–water partition coefficient (Wildman–Crippen LogP) is 9.97. The molecule has 0 fully saturated rings. The van der Waals surface area contributed by atoms with Crippen LogP contribution in [0.25, 0.3) is 16.5 Å². The molecule has 0 aliphatic rings. The first-order valence-corrected chi connectivity index (χ1v) is 17.6. The Morgan fingerprint density at radius 3 is 2.41 bits per heavy atom. The number of carbonyl (C=O) groups is 1. The number of rotatable bonds is 10. The van der Waals surface area contributed by atoms with Crippen LogP contribution in [0.4, 0.5) is 27.8 Å². The first-order chi connectivity index (χ1) is 22.3. The van der Waals surface area contributed by atoms with Crippen molar-refractivity contribution < 1.29 is 9.53 Å². The average Bonchev–Trinajstić information content (AvgIpc) is 3.47. The average molecular weight is 629 g/mol. The van der Waals surface area contributed by atoms with Crippen LogP contribution in [0.5, 0.6) is 11.5 Å². The number of nitrogens with zero attached hydrogens (tertiary/aromatic N) is 3. The Balaban J connectivity index is 1.23. The summed E-state index contributed by atoms with van der Waals surface area (Å²) in [7, 11) is -0.0803. The summed E-state index contributed by atoms with van der Waals surface area (Å²) in [5.41, 5.74) is 4.68. The van der Waals surface area contributed by atoms with Crippen molar-refractivity contribution in [2.45, 2.75) is 25.9 Å². The van der Waals surface area contributed by atoms with E-state index in [2.05, 4.69) is 60.2 Å².